The second-order valence-corrected chi connectivity index (χ2v) is 4.90. The summed E-state index contributed by atoms with van der Waals surface area (Å²) in [5.74, 6) is 0. The third-order valence-corrected chi connectivity index (χ3v) is 3.46. The van der Waals surface area contributed by atoms with E-state index in [1.54, 1.807) is 0 Å². The summed E-state index contributed by atoms with van der Waals surface area (Å²) in [7, 11) is 1.99. The molecule has 0 amide bonds. The SMILES string of the molecule is CCNC(c1cn(C)cn1)c1cccc2ccncc12. The topological polar surface area (TPSA) is 42.7 Å². The van der Waals surface area contributed by atoms with E-state index >= 15 is 0 Å². The maximum absolute atomic E-state index is 4.50. The third kappa shape index (κ3) is 2.30. The molecule has 0 radical (unpaired) electrons. The Morgan fingerprint density at radius 1 is 1.30 bits per heavy atom. The fourth-order valence-electron chi connectivity index (χ4n) is 2.55. The standard InChI is InChI=1S/C16H18N4/c1-3-18-16(15-10-20(2)11-19-15)13-6-4-5-12-7-8-17-9-14(12)13/h4-11,16,18H,3H2,1-2H3. The fraction of sp³-hybridized carbons (Fsp3) is 0.250. The first-order valence-corrected chi connectivity index (χ1v) is 6.83. The molecule has 1 aromatic carbocycles. The lowest BCUT2D eigenvalue weighted by molar-refractivity contribution is 0.621. The zero-order valence-corrected chi connectivity index (χ0v) is 11.7. The van der Waals surface area contributed by atoms with Crippen molar-refractivity contribution in [2.45, 2.75) is 13.0 Å². The molecule has 20 heavy (non-hydrogen) atoms. The van der Waals surface area contributed by atoms with Gasteiger partial charge in [0.1, 0.15) is 0 Å². The van der Waals surface area contributed by atoms with Crippen LogP contribution in [0.15, 0.2) is 49.2 Å². The van der Waals surface area contributed by atoms with Crippen LogP contribution < -0.4 is 5.32 Å². The Morgan fingerprint density at radius 2 is 2.20 bits per heavy atom. The van der Waals surface area contributed by atoms with Crippen LogP contribution in [0.25, 0.3) is 10.8 Å². The van der Waals surface area contributed by atoms with Gasteiger partial charge in [-0.1, -0.05) is 25.1 Å². The van der Waals surface area contributed by atoms with Crippen LogP contribution in [0.4, 0.5) is 0 Å². The molecule has 0 fully saturated rings. The van der Waals surface area contributed by atoms with Crippen LogP contribution >= 0.6 is 0 Å². The molecule has 4 heteroatoms. The first kappa shape index (κ1) is 12.8. The highest BCUT2D eigenvalue weighted by Crippen LogP contribution is 2.27. The number of pyridine rings is 1. The molecule has 2 aromatic heterocycles. The second kappa shape index (κ2) is 5.43. The van der Waals surface area contributed by atoms with E-state index < -0.39 is 0 Å². The van der Waals surface area contributed by atoms with Gasteiger partial charge in [-0.15, -0.1) is 0 Å². The van der Waals surface area contributed by atoms with Gasteiger partial charge in [-0.25, -0.2) is 4.98 Å². The molecule has 2 heterocycles. The van der Waals surface area contributed by atoms with Crippen molar-refractivity contribution in [3.63, 3.8) is 0 Å². The van der Waals surface area contributed by atoms with Crippen molar-refractivity contribution < 1.29 is 0 Å². The molecular formula is C16H18N4. The summed E-state index contributed by atoms with van der Waals surface area (Å²) in [5, 5.41) is 5.89. The smallest absolute Gasteiger partial charge is 0.0947 e. The third-order valence-electron chi connectivity index (χ3n) is 3.46. The summed E-state index contributed by atoms with van der Waals surface area (Å²) in [6.07, 6.45) is 7.65. The quantitative estimate of drug-likeness (QED) is 0.789. The van der Waals surface area contributed by atoms with Gasteiger partial charge in [-0.3, -0.25) is 4.98 Å². The van der Waals surface area contributed by atoms with E-state index in [1.165, 1.54) is 16.3 Å². The molecule has 0 aliphatic rings. The highest BCUT2D eigenvalue weighted by atomic mass is 15.0. The Morgan fingerprint density at radius 3 is 2.95 bits per heavy atom. The van der Waals surface area contributed by atoms with Gasteiger partial charge in [0.25, 0.3) is 0 Å². The average molecular weight is 266 g/mol. The minimum Gasteiger partial charge on any atom is -0.340 e. The van der Waals surface area contributed by atoms with Gasteiger partial charge in [-0.2, -0.15) is 0 Å². The molecule has 1 N–H and O–H groups in total. The van der Waals surface area contributed by atoms with Crippen molar-refractivity contribution in [2.24, 2.45) is 7.05 Å². The normalized spacial score (nSPS) is 12.7. The van der Waals surface area contributed by atoms with E-state index in [1.807, 2.05) is 36.4 Å². The van der Waals surface area contributed by atoms with Gasteiger partial charge in [0, 0.05) is 31.0 Å². The number of aryl methyl sites for hydroxylation is 1. The zero-order chi connectivity index (χ0) is 13.9. The van der Waals surface area contributed by atoms with Crippen LogP contribution in [0.5, 0.6) is 0 Å². The molecule has 0 bridgehead atoms. The van der Waals surface area contributed by atoms with Gasteiger partial charge in [0.15, 0.2) is 0 Å². The van der Waals surface area contributed by atoms with Crippen molar-refractivity contribution in [3.8, 4) is 0 Å². The average Bonchev–Trinajstić information content (AvgIpc) is 2.91. The van der Waals surface area contributed by atoms with Crippen LogP contribution in [0.3, 0.4) is 0 Å². The zero-order valence-electron chi connectivity index (χ0n) is 11.7. The Balaban J connectivity index is 2.14. The minimum absolute atomic E-state index is 0.0918. The van der Waals surface area contributed by atoms with Gasteiger partial charge in [-0.05, 0) is 23.6 Å². The van der Waals surface area contributed by atoms with Crippen LogP contribution in [-0.4, -0.2) is 21.1 Å². The van der Waals surface area contributed by atoms with Gasteiger partial charge in [0.05, 0.1) is 18.1 Å². The number of hydrogen-bond donors (Lipinski definition) is 1. The van der Waals surface area contributed by atoms with Gasteiger partial charge in [0.2, 0.25) is 0 Å². The number of nitrogens with zero attached hydrogens (tertiary/aromatic N) is 3. The minimum atomic E-state index is 0.0918. The van der Waals surface area contributed by atoms with Crippen LogP contribution in [0, 0.1) is 0 Å². The molecular weight excluding hydrogens is 248 g/mol. The van der Waals surface area contributed by atoms with Crippen LogP contribution in [-0.2, 0) is 7.05 Å². The molecule has 0 saturated heterocycles. The predicted molar refractivity (Wildman–Crippen MR) is 80.5 cm³/mol. The molecule has 0 aliphatic heterocycles. The summed E-state index contributed by atoms with van der Waals surface area (Å²) in [4.78, 5) is 8.76. The van der Waals surface area contributed by atoms with E-state index in [-0.39, 0.29) is 6.04 Å². The molecule has 1 unspecified atom stereocenters. The molecule has 0 spiro atoms. The molecule has 102 valence electrons. The summed E-state index contributed by atoms with van der Waals surface area (Å²) in [5.41, 5.74) is 2.25. The van der Waals surface area contributed by atoms with Crippen molar-refractivity contribution in [1.29, 1.82) is 0 Å². The summed E-state index contributed by atoms with van der Waals surface area (Å²) < 4.78 is 1.98. The lowest BCUT2D eigenvalue weighted by atomic mass is 9.98. The summed E-state index contributed by atoms with van der Waals surface area (Å²) in [6, 6.07) is 8.48. The predicted octanol–water partition coefficient (Wildman–Crippen LogP) is 2.67. The molecule has 1 atom stereocenters. The van der Waals surface area contributed by atoms with E-state index in [2.05, 4.69) is 46.6 Å². The first-order valence-electron chi connectivity index (χ1n) is 6.83. The van der Waals surface area contributed by atoms with Gasteiger partial charge < -0.3 is 9.88 Å². The number of hydrogen-bond acceptors (Lipinski definition) is 3. The maximum Gasteiger partial charge on any atom is 0.0947 e. The lowest BCUT2D eigenvalue weighted by Gasteiger charge is -2.18. The Labute approximate surface area is 118 Å². The number of rotatable bonds is 4. The van der Waals surface area contributed by atoms with E-state index in [0.29, 0.717) is 0 Å². The summed E-state index contributed by atoms with van der Waals surface area (Å²) in [6.45, 7) is 3.00. The van der Waals surface area contributed by atoms with Crippen molar-refractivity contribution in [1.82, 2.24) is 19.9 Å². The highest BCUT2D eigenvalue weighted by molar-refractivity contribution is 5.85. The molecule has 4 nitrogen and oxygen atoms in total. The Bertz CT molecular complexity index is 712. The van der Waals surface area contributed by atoms with Crippen molar-refractivity contribution >= 4 is 10.8 Å². The fourth-order valence-corrected chi connectivity index (χ4v) is 2.55. The Hall–Kier alpha value is -2.20. The van der Waals surface area contributed by atoms with Crippen LogP contribution in [0.1, 0.15) is 24.2 Å². The monoisotopic (exact) mass is 266 g/mol. The molecule has 3 aromatic rings. The van der Waals surface area contributed by atoms with E-state index in [0.717, 1.165) is 12.2 Å². The van der Waals surface area contributed by atoms with Crippen molar-refractivity contribution in [3.05, 3.63) is 60.4 Å². The maximum atomic E-state index is 4.50. The number of fused-ring (bicyclic) bond motifs is 1. The highest BCUT2D eigenvalue weighted by Gasteiger charge is 2.17. The number of benzene rings is 1. The second-order valence-electron chi connectivity index (χ2n) is 4.90. The molecule has 0 aliphatic carbocycles. The van der Waals surface area contributed by atoms with E-state index in [4.69, 9.17) is 0 Å². The lowest BCUT2D eigenvalue weighted by Crippen LogP contribution is -2.22. The molecule has 0 saturated carbocycles. The number of aromatic nitrogens is 3. The molecule has 3 rings (SSSR count). The van der Waals surface area contributed by atoms with Crippen molar-refractivity contribution in [2.75, 3.05) is 6.54 Å². The summed E-state index contributed by atoms with van der Waals surface area (Å²) >= 11 is 0. The largest absolute Gasteiger partial charge is 0.340 e. The van der Waals surface area contributed by atoms with Gasteiger partial charge >= 0.3 is 0 Å². The Kier molecular flexibility index (Phi) is 3.48. The first-order chi connectivity index (χ1) is 9.79. The van der Waals surface area contributed by atoms with Crippen LogP contribution in [0.2, 0.25) is 0 Å². The van der Waals surface area contributed by atoms with E-state index in [9.17, 15) is 0 Å². The number of imidazole rings is 1. The number of nitrogens with one attached hydrogen (secondary N) is 1.